The van der Waals surface area contributed by atoms with Crippen LogP contribution in [-0.4, -0.2) is 97.5 Å². The smallest absolute Gasteiger partial charge is 0.322 e. The van der Waals surface area contributed by atoms with Gasteiger partial charge in [-0.15, -0.1) is 11.8 Å². The molecule has 15 N–H and O–H groups in total. The molecule has 0 aromatic heterocycles. The van der Waals surface area contributed by atoms with Gasteiger partial charge in [-0.25, -0.2) is 0 Å². The predicted molar refractivity (Wildman–Crippen MR) is 168 cm³/mol. The number of hydrogen-bond donors (Lipinski definition) is 11. The van der Waals surface area contributed by atoms with E-state index in [0.29, 0.717) is 31.4 Å². The first-order chi connectivity index (χ1) is 21.0. The van der Waals surface area contributed by atoms with Gasteiger partial charge < -0.3 is 54.0 Å². The van der Waals surface area contributed by atoms with Crippen molar-refractivity contribution in [1.82, 2.24) is 16.0 Å². The van der Waals surface area contributed by atoms with Crippen molar-refractivity contribution in [3.63, 3.8) is 0 Å². The van der Waals surface area contributed by atoms with Gasteiger partial charge in [-0.05, 0) is 70.2 Å². The predicted octanol–water partition coefficient (Wildman–Crippen LogP) is -1.00. The molecule has 0 spiro atoms. The van der Waals surface area contributed by atoms with Crippen molar-refractivity contribution in [3.05, 3.63) is 29.8 Å². The Labute approximate surface area is 266 Å². The number of phenols is 1. The molecule has 2 amide bonds. The van der Waals surface area contributed by atoms with Gasteiger partial charge in [-0.3, -0.25) is 29.3 Å². The first-order valence-electron chi connectivity index (χ1n) is 14.5. The van der Waals surface area contributed by atoms with Crippen molar-refractivity contribution in [2.24, 2.45) is 22.9 Å². The second kappa shape index (κ2) is 19.1. The lowest BCUT2D eigenvalue weighted by atomic mass is 10.0. The molecule has 0 aliphatic carbocycles. The number of benzene rings is 1. The maximum atomic E-state index is 13.0. The van der Waals surface area contributed by atoms with Gasteiger partial charge in [0.05, 0.1) is 5.37 Å². The van der Waals surface area contributed by atoms with Gasteiger partial charge in [0.25, 0.3) is 0 Å². The van der Waals surface area contributed by atoms with E-state index in [9.17, 15) is 34.2 Å². The maximum absolute atomic E-state index is 13.0. The maximum Gasteiger partial charge on any atom is 0.322 e. The summed E-state index contributed by atoms with van der Waals surface area (Å²) in [6.45, 7) is 4.28. The molecule has 1 fully saturated rings. The zero-order valence-corrected chi connectivity index (χ0v) is 26.3. The quantitative estimate of drug-likeness (QED) is 0.0895. The molecule has 6 atom stereocenters. The Hall–Kier alpha value is -3.48. The minimum Gasteiger partial charge on any atom is -0.508 e. The molecule has 0 saturated carbocycles. The van der Waals surface area contributed by atoms with Crippen molar-refractivity contribution in [2.75, 3.05) is 13.1 Å². The van der Waals surface area contributed by atoms with Gasteiger partial charge in [0.15, 0.2) is 0 Å². The van der Waals surface area contributed by atoms with Crippen LogP contribution in [-0.2, 0) is 24.0 Å². The first-order valence-corrected chi connectivity index (χ1v) is 15.4. The minimum absolute atomic E-state index is 0.0106. The Morgan fingerprint density at radius 3 is 1.89 bits per heavy atom. The molecule has 254 valence electrons. The summed E-state index contributed by atoms with van der Waals surface area (Å²) < 4.78 is -0.758. The molecule has 1 unspecified atom stereocenters. The molecule has 17 heteroatoms. The monoisotopic (exact) mass is 657 g/mol. The summed E-state index contributed by atoms with van der Waals surface area (Å²) in [7, 11) is 0. The zero-order chi connectivity index (χ0) is 34.3. The topological polar surface area (TPSA) is 306 Å². The van der Waals surface area contributed by atoms with Gasteiger partial charge in [-0.2, -0.15) is 0 Å². The Morgan fingerprint density at radius 1 is 0.889 bits per heavy atom. The van der Waals surface area contributed by atoms with Crippen LogP contribution in [0, 0.1) is 0 Å². The standard InChI is InChI=1S/C22H33N5O7S.C6H14N2O2/c1-22(2)16(21(33)34)27-19(35-22)15(18(30)25-10-4-3-5-13(23)20(31)32)26-17(29)14(24)11-6-8-12(28)9-7-11;7-4-2-1-3-5(8)6(9)10/h6-9,13-16,19,27-28H,3-5,10,23-24H2,1-2H3,(H,25,30)(H,26,29)(H,31,32)(H,33,34);5H,1-4,7-8H2,(H,9,10)/t13-,14-,15?,16+,19-;5-/m11/s1. The summed E-state index contributed by atoms with van der Waals surface area (Å²) in [5, 5.41) is 43.7. The number of amides is 2. The number of thioether (sulfide) groups is 1. The van der Waals surface area contributed by atoms with E-state index in [0.717, 1.165) is 12.8 Å². The molecule has 2 rings (SSSR count). The van der Waals surface area contributed by atoms with E-state index in [1.54, 1.807) is 13.8 Å². The van der Waals surface area contributed by atoms with Crippen LogP contribution in [0.5, 0.6) is 5.75 Å². The summed E-state index contributed by atoms with van der Waals surface area (Å²) >= 11 is 1.22. The van der Waals surface area contributed by atoms with E-state index in [2.05, 4.69) is 16.0 Å². The van der Waals surface area contributed by atoms with Crippen LogP contribution in [0.2, 0.25) is 0 Å². The number of carbonyl (C=O) groups excluding carboxylic acids is 2. The Morgan fingerprint density at radius 2 is 1.42 bits per heavy atom. The number of aromatic hydroxyl groups is 1. The van der Waals surface area contributed by atoms with E-state index < -0.39 is 70.1 Å². The fourth-order valence-corrected chi connectivity index (χ4v) is 5.74. The Balaban J connectivity index is 0.000000868. The summed E-state index contributed by atoms with van der Waals surface area (Å²) in [6.07, 6.45) is 3.36. The minimum atomic E-state index is -1.14. The molecule has 1 aromatic rings. The molecular formula is C28H47N7O9S. The number of phenolic OH excluding ortho intramolecular Hbond substituents is 1. The lowest BCUT2D eigenvalue weighted by Crippen LogP contribution is -2.58. The van der Waals surface area contributed by atoms with Gasteiger partial charge in [0.1, 0.15) is 36.0 Å². The van der Waals surface area contributed by atoms with E-state index >= 15 is 0 Å². The number of nitrogens with two attached hydrogens (primary N) is 4. The number of rotatable bonds is 17. The van der Waals surface area contributed by atoms with E-state index in [-0.39, 0.29) is 18.7 Å². The fraction of sp³-hybridized carbons (Fsp3) is 0.607. The van der Waals surface area contributed by atoms with Crippen molar-refractivity contribution < 1.29 is 44.4 Å². The average molecular weight is 658 g/mol. The fourth-order valence-electron chi connectivity index (χ4n) is 4.25. The Bertz CT molecular complexity index is 1140. The van der Waals surface area contributed by atoms with Gasteiger partial charge in [-0.1, -0.05) is 18.6 Å². The van der Waals surface area contributed by atoms with Gasteiger partial charge in [0.2, 0.25) is 11.8 Å². The zero-order valence-electron chi connectivity index (χ0n) is 25.5. The molecule has 0 radical (unpaired) electrons. The van der Waals surface area contributed by atoms with Crippen LogP contribution in [0.3, 0.4) is 0 Å². The van der Waals surface area contributed by atoms with E-state index in [1.165, 1.54) is 36.0 Å². The van der Waals surface area contributed by atoms with Crippen molar-refractivity contribution in [3.8, 4) is 5.75 Å². The molecule has 1 heterocycles. The Kier molecular flexibility index (Phi) is 16.8. The number of unbranched alkanes of at least 4 members (excludes halogenated alkanes) is 2. The van der Waals surface area contributed by atoms with Crippen LogP contribution in [0.4, 0.5) is 0 Å². The molecule has 1 aromatic carbocycles. The van der Waals surface area contributed by atoms with Crippen LogP contribution < -0.4 is 38.9 Å². The summed E-state index contributed by atoms with van der Waals surface area (Å²) in [5.74, 6) is -4.28. The molecule has 1 saturated heterocycles. The van der Waals surface area contributed by atoms with Crippen molar-refractivity contribution >= 4 is 41.5 Å². The van der Waals surface area contributed by atoms with Crippen molar-refractivity contribution in [2.45, 2.75) is 92.7 Å². The second-order valence-corrected chi connectivity index (χ2v) is 12.9. The van der Waals surface area contributed by atoms with Crippen LogP contribution in [0.1, 0.15) is 64.0 Å². The highest BCUT2D eigenvalue weighted by Gasteiger charge is 2.49. The molecule has 0 bridgehead atoms. The van der Waals surface area contributed by atoms with Crippen LogP contribution in [0.25, 0.3) is 0 Å². The van der Waals surface area contributed by atoms with Crippen molar-refractivity contribution in [1.29, 1.82) is 0 Å². The number of nitrogens with one attached hydrogen (secondary N) is 3. The number of carboxylic acids is 3. The van der Waals surface area contributed by atoms with E-state index in [1.807, 2.05) is 0 Å². The molecule has 1 aliphatic rings. The second-order valence-electron chi connectivity index (χ2n) is 11.1. The molecule has 16 nitrogen and oxygen atoms in total. The lowest BCUT2D eigenvalue weighted by Gasteiger charge is -2.26. The number of carboxylic acid groups (broad SMARTS) is 3. The van der Waals surface area contributed by atoms with Crippen LogP contribution >= 0.6 is 11.8 Å². The highest BCUT2D eigenvalue weighted by atomic mass is 32.2. The van der Waals surface area contributed by atoms with Crippen LogP contribution in [0.15, 0.2) is 24.3 Å². The molecule has 45 heavy (non-hydrogen) atoms. The van der Waals surface area contributed by atoms with E-state index in [4.69, 9.17) is 33.1 Å². The van der Waals surface area contributed by atoms with Gasteiger partial charge in [0, 0.05) is 11.3 Å². The summed E-state index contributed by atoms with van der Waals surface area (Å²) in [5.41, 5.74) is 22.4. The largest absolute Gasteiger partial charge is 0.508 e. The number of carbonyl (C=O) groups is 5. The lowest BCUT2D eigenvalue weighted by molar-refractivity contribution is -0.140. The highest BCUT2D eigenvalue weighted by molar-refractivity contribution is 8.01. The molecule has 1 aliphatic heterocycles. The summed E-state index contributed by atoms with van der Waals surface area (Å²) in [4.78, 5) is 58.6. The third-order valence-electron chi connectivity index (χ3n) is 6.97. The first kappa shape index (κ1) is 39.5. The molecular weight excluding hydrogens is 610 g/mol. The average Bonchev–Trinajstić information content (AvgIpc) is 3.30. The number of aliphatic carboxylic acids is 3. The summed E-state index contributed by atoms with van der Waals surface area (Å²) in [6, 6.07) is 0.839. The highest BCUT2D eigenvalue weighted by Crippen LogP contribution is 2.39. The number of hydrogen-bond acceptors (Lipinski definition) is 12. The SMILES string of the molecule is CC1(C)S[C@H](C(NC(=O)[C@H](N)c2ccc(O)cc2)C(=O)NCCCC[C@@H](N)C(=O)O)N[C@H]1C(=O)O.NCCCC[C@@H](N)C(=O)O. The van der Waals surface area contributed by atoms with Gasteiger partial charge >= 0.3 is 17.9 Å². The third-order valence-corrected chi connectivity index (χ3v) is 8.47. The third kappa shape index (κ3) is 13.6. The normalized spacial score (nSPS) is 19.6.